The van der Waals surface area contributed by atoms with Crippen LogP contribution in [0.3, 0.4) is 0 Å². The van der Waals surface area contributed by atoms with E-state index in [0.717, 1.165) is 12.8 Å². The smallest absolute Gasteiger partial charge is 0.293 e. The molecule has 7 nitrogen and oxygen atoms in total. The molecule has 2 amide bonds. The van der Waals surface area contributed by atoms with Crippen LogP contribution in [0.4, 0.5) is 5.69 Å². The number of hydrogen-bond acceptors (Lipinski definition) is 4. The largest absolute Gasteiger partial charge is 0.349 e. The molecule has 3 N–H and O–H groups in total. The number of nitrogens with zero attached hydrogens (tertiary/aromatic N) is 2. The summed E-state index contributed by atoms with van der Waals surface area (Å²) in [5.41, 5.74) is 0.888. The molecule has 0 aliphatic heterocycles. The Morgan fingerprint density at radius 1 is 1.20 bits per heavy atom. The Bertz CT molecular complexity index is 634. The van der Waals surface area contributed by atoms with Gasteiger partial charge in [0.2, 0.25) is 5.82 Å². The predicted octanol–water partition coefficient (Wildman–Crippen LogP) is 0.949. The van der Waals surface area contributed by atoms with Crippen molar-refractivity contribution < 1.29 is 9.59 Å². The second-order valence-electron chi connectivity index (χ2n) is 4.58. The van der Waals surface area contributed by atoms with Gasteiger partial charge >= 0.3 is 0 Å². The highest BCUT2D eigenvalue weighted by Gasteiger charge is 2.25. The highest BCUT2D eigenvalue weighted by Crippen LogP contribution is 2.21. The number of anilines is 1. The Kier molecular flexibility index (Phi) is 3.16. The van der Waals surface area contributed by atoms with Crippen LogP contribution >= 0.6 is 0 Å². The summed E-state index contributed by atoms with van der Waals surface area (Å²) in [6.45, 7) is 0. The molecule has 0 unspecified atom stereocenters. The summed E-state index contributed by atoms with van der Waals surface area (Å²) < 4.78 is 0. The van der Waals surface area contributed by atoms with Crippen LogP contribution < -0.4 is 10.6 Å². The van der Waals surface area contributed by atoms with Gasteiger partial charge in [-0.3, -0.25) is 14.7 Å². The number of H-pyrrole nitrogens is 1. The summed E-state index contributed by atoms with van der Waals surface area (Å²) in [5, 5.41) is 11.6. The maximum Gasteiger partial charge on any atom is 0.293 e. The van der Waals surface area contributed by atoms with E-state index in [1.54, 1.807) is 24.3 Å². The molecular formula is C13H13N5O2. The van der Waals surface area contributed by atoms with E-state index in [9.17, 15) is 9.59 Å². The highest BCUT2D eigenvalue weighted by atomic mass is 16.2. The third kappa shape index (κ3) is 2.66. The summed E-state index contributed by atoms with van der Waals surface area (Å²) in [5.74, 6) is -0.516. The fourth-order valence-electron chi connectivity index (χ4n) is 1.78. The molecule has 1 aliphatic carbocycles. The molecule has 1 fully saturated rings. The van der Waals surface area contributed by atoms with E-state index in [4.69, 9.17) is 0 Å². The fourth-order valence-corrected chi connectivity index (χ4v) is 1.78. The van der Waals surface area contributed by atoms with Crippen LogP contribution in [-0.4, -0.2) is 33.0 Å². The zero-order valence-electron chi connectivity index (χ0n) is 10.6. The summed E-state index contributed by atoms with van der Waals surface area (Å²) in [6, 6.07) is 7.13. The summed E-state index contributed by atoms with van der Waals surface area (Å²) in [7, 11) is 0. The molecule has 2 aromatic rings. The van der Waals surface area contributed by atoms with Gasteiger partial charge in [-0.15, -0.1) is 0 Å². The van der Waals surface area contributed by atoms with E-state index in [-0.39, 0.29) is 17.8 Å². The van der Waals surface area contributed by atoms with Crippen LogP contribution in [0.25, 0.3) is 0 Å². The lowest BCUT2D eigenvalue weighted by molar-refractivity contribution is 0.0952. The van der Waals surface area contributed by atoms with E-state index in [1.165, 1.54) is 6.33 Å². The molecular weight excluding hydrogens is 258 g/mol. The number of amides is 2. The van der Waals surface area contributed by atoms with Gasteiger partial charge in [0, 0.05) is 6.04 Å². The van der Waals surface area contributed by atoms with Gasteiger partial charge in [0.1, 0.15) is 6.33 Å². The second kappa shape index (κ2) is 5.12. The minimum Gasteiger partial charge on any atom is -0.349 e. The molecule has 1 aromatic carbocycles. The first-order chi connectivity index (χ1) is 9.74. The van der Waals surface area contributed by atoms with Crippen LogP contribution in [0.5, 0.6) is 0 Å². The molecule has 20 heavy (non-hydrogen) atoms. The predicted molar refractivity (Wildman–Crippen MR) is 71.3 cm³/mol. The van der Waals surface area contributed by atoms with Crippen molar-refractivity contribution in [3.8, 4) is 0 Å². The van der Waals surface area contributed by atoms with Crippen molar-refractivity contribution in [1.29, 1.82) is 0 Å². The van der Waals surface area contributed by atoms with Crippen molar-refractivity contribution in [2.45, 2.75) is 18.9 Å². The van der Waals surface area contributed by atoms with Crippen LogP contribution in [0, 0.1) is 0 Å². The van der Waals surface area contributed by atoms with Gasteiger partial charge in [-0.1, -0.05) is 12.1 Å². The number of para-hydroxylation sites is 1. The van der Waals surface area contributed by atoms with Crippen LogP contribution in [0.2, 0.25) is 0 Å². The van der Waals surface area contributed by atoms with Crippen molar-refractivity contribution in [3.05, 3.63) is 42.0 Å². The van der Waals surface area contributed by atoms with E-state index >= 15 is 0 Å². The number of aromatic amines is 1. The average Bonchev–Trinajstić information content (AvgIpc) is 3.08. The van der Waals surface area contributed by atoms with Crippen LogP contribution in [0.1, 0.15) is 33.8 Å². The molecule has 0 saturated heterocycles. The first-order valence-corrected chi connectivity index (χ1v) is 6.30. The first-order valence-electron chi connectivity index (χ1n) is 6.30. The van der Waals surface area contributed by atoms with Gasteiger partial charge in [-0.05, 0) is 25.0 Å². The molecule has 0 bridgehead atoms. The van der Waals surface area contributed by atoms with Gasteiger partial charge < -0.3 is 10.6 Å². The SMILES string of the molecule is O=C(Nc1ccccc1C(=O)NC1CC1)c1ncn[nH]1. The van der Waals surface area contributed by atoms with Gasteiger partial charge in [0.15, 0.2) is 0 Å². The van der Waals surface area contributed by atoms with Gasteiger partial charge in [-0.2, -0.15) is 5.10 Å². The second-order valence-corrected chi connectivity index (χ2v) is 4.58. The number of carbonyl (C=O) groups is 2. The van der Waals surface area contributed by atoms with Crippen LogP contribution in [0.15, 0.2) is 30.6 Å². The first kappa shape index (κ1) is 12.3. The van der Waals surface area contributed by atoms with Crippen molar-refractivity contribution in [2.75, 3.05) is 5.32 Å². The molecule has 102 valence electrons. The van der Waals surface area contributed by atoms with Crippen LogP contribution in [-0.2, 0) is 0 Å². The summed E-state index contributed by atoms with van der Waals surface area (Å²) in [4.78, 5) is 27.8. The quantitative estimate of drug-likeness (QED) is 0.770. The third-order valence-corrected chi connectivity index (χ3v) is 2.96. The molecule has 0 radical (unpaired) electrons. The average molecular weight is 271 g/mol. The van der Waals surface area contributed by atoms with Crippen molar-refractivity contribution in [3.63, 3.8) is 0 Å². The van der Waals surface area contributed by atoms with Crippen molar-refractivity contribution in [1.82, 2.24) is 20.5 Å². The normalized spacial score (nSPS) is 13.8. The Morgan fingerprint density at radius 2 is 2.00 bits per heavy atom. The molecule has 1 aromatic heterocycles. The monoisotopic (exact) mass is 271 g/mol. The van der Waals surface area contributed by atoms with E-state index in [2.05, 4.69) is 25.8 Å². The topological polar surface area (TPSA) is 99.8 Å². The fraction of sp³-hybridized carbons (Fsp3) is 0.231. The molecule has 0 atom stereocenters. The minimum atomic E-state index is -0.436. The maximum absolute atomic E-state index is 12.1. The van der Waals surface area contributed by atoms with E-state index in [1.807, 2.05) is 0 Å². The third-order valence-electron chi connectivity index (χ3n) is 2.96. The molecule has 1 heterocycles. The zero-order chi connectivity index (χ0) is 13.9. The Morgan fingerprint density at radius 3 is 2.70 bits per heavy atom. The number of nitrogens with one attached hydrogen (secondary N) is 3. The summed E-state index contributed by atoms with van der Waals surface area (Å²) >= 11 is 0. The van der Waals surface area contributed by atoms with Gasteiger partial charge in [0.25, 0.3) is 11.8 Å². The van der Waals surface area contributed by atoms with Gasteiger partial charge in [-0.25, -0.2) is 4.98 Å². The lowest BCUT2D eigenvalue weighted by Crippen LogP contribution is -2.27. The zero-order valence-corrected chi connectivity index (χ0v) is 10.6. The van der Waals surface area contributed by atoms with E-state index < -0.39 is 5.91 Å². The maximum atomic E-state index is 12.1. The highest BCUT2D eigenvalue weighted by molar-refractivity contribution is 6.07. The Hall–Kier alpha value is -2.70. The van der Waals surface area contributed by atoms with Gasteiger partial charge in [0.05, 0.1) is 11.3 Å². The molecule has 3 rings (SSSR count). The Labute approximate surface area is 114 Å². The molecule has 7 heteroatoms. The van der Waals surface area contributed by atoms with E-state index in [0.29, 0.717) is 11.3 Å². The molecule has 0 spiro atoms. The van der Waals surface area contributed by atoms with Crippen molar-refractivity contribution >= 4 is 17.5 Å². The number of aromatic nitrogens is 3. The number of carbonyl (C=O) groups excluding carboxylic acids is 2. The molecule has 1 saturated carbocycles. The lowest BCUT2D eigenvalue weighted by Gasteiger charge is -2.10. The number of benzene rings is 1. The Balaban J connectivity index is 1.78. The minimum absolute atomic E-state index is 0.0994. The number of hydrogen-bond donors (Lipinski definition) is 3. The molecule has 1 aliphatic rings. The lowest BCUT2D eigenvalue weighted by atomic mass is 10.1. The summed E-state index contributed by atoms with van der Waals surface area (Å²) in [6.07, 6.45) is 3.28. The standard InChI is InChI=1S/C13H13N5O2/c19-12(16-8-5-6-8)9-3-1-2-4-10(9)17-13(20)11-14-7-15-18-11/h1-4,7-8H,5-6H2,(H,16,19)(H,17,20)(H,14,15,18). The number of rotatable bonds is 4. The van der Waals surface area contributed by atoms with Crippen molar-refractivity contribution in [2.24, 2.45) is 0 Å².